The third kappa shape index (κ3) is 3.74. The minimum Gasteiger partial charge on any atom is -0.324 e. The summed E-state index contributed by atoms with van der Waals surface area (Å²) in [6.45, 7) is 0. The van der Waals surface area contributed by atoms with Gasteiger partial charge in [-0.25, -0.2) is 13.4 Å². The second kappa shape index (κ2) is 6.62. The van der Waals surface area contributed by atoms with Crippen LogP contribution in [-0.2, 0) is 14.6 Å². The highest BCUT2D eigenvalue weighted by Gasteiger charge is 2.17. The number of amides is 1. The molecule has 0 saturated carbocycles. The number of carbonyl (C=O) groups is 1. The van der Waals surface area contributed by atoms with Gasteiger partial charge in [-0.3, -0.25) is 10.1 Å². The number of rotatable bonds is 5. The van der Waals surface area contributed by atoms with Gasteiger partial charge in [0.25, 0.3) is 0 Å². The van der Waals surface area contributed by atoms with Gasteiger partial charge < -0.3 is 4.98 Å². The van der Waals surface area contributed by atoms with E-state index in [-0.39, 0.29) is 17.1 Å². The molecule has 0 radical (unpaired) electrons. The summed E-state index contributed by atoms with van der Waals surface area (Å²) in [6.07, 6.45) is -0.165. The topological polar surface area (TPSA) is 91.9 Å². The van der Waals surface area contributed by atoms with E-state index >= 15 is 0 Å². The summed E-state index contributed by atoms with van der Waals surface area (Å²) in [6, 6.07) is 13.2. The van der Waals surface area contributed by atoms with Gasteiger partial charge in [-0.2, -0.15) is 0 Å². The summed E-state index contributed by atoms with van der Waals surface area (Å²) in [5.41, 5.74) is 1.52. The van der Waals surface area contributed by atoms with E-state index in [1.54, 1.807) is 0 Å². The van der Waals surface area contributed by atoms with E-state index < -0.39 is 15.7 Å². The van der Waals surface area contributed by atoms with Crippen molar-refractivity contribution in [1.82, 2.24) is 9.97 Å². The number of H-pyrrole nitrogens is 1. The average Bonchev–Trinajstić information content (AvgIpc) is 2.95. The van der Waals surface area contributed by atoms with Crippen molar-refractivity contribution in [2.24, 2.45) is 0 Å². The molecule has 8 heteroatoms. The molecule has 0 spiro atoms. The molecule has 0 aliphatic heterocycles. The lowest BCUT2D eigenvalue weighted by Crippen LogP contribution is -2.18. The Morgan fingerprint density at radius 3 is 2.54 bits per heavy atom. The largest absolute Gasteiger partial charge is 0.324 e. The number of hydrogen-bond acceptors (Lipinski definition) is 4. The molecule has 1 amide bonds. The van der Waals surface area contributed by atoms with Crippen LogP contribution in [0.1, 0.15) is 6.42 Å². The van der Waals surface area contributed by atoms with Crippen LogP contribution in [0.15, 0.2) is 53.4 Å². The lowest BCUT2D eigenvalue weighted by atomic mass is 10.3. The first-order chi connectivity index (χ1) is 11.4. The number of hydrogen-bond donors (Lipinski definition) is 2. The van der Waals surface area contributed by atoms with Crippen molar-refractivity contribution in [3.8, 4) is 0 Å². The fraction of sp³-hybridized carbons (Fsp3) is 0.125. The molecule has 2 N–H and O–H groups in total. The molecule has 0 aliphatic rings. The van der Waals surface area contributed by atoms with Gasteiger partial charge in [-0.1, -0.05) is 23.7 Å². The molecule has 0 unspecified atom stereocenters. The van der Waals surface area contributed by atoms with Gasteiger partial charge in [0.15, 0.2) is 9.84 Å². The van der Waals surface area contributed by atoms with Crippen molar-refractivity contribution in [2.75, 3.05) is 11.1 Å². The van der Waals surface area contributed by atoms with Crippen molar-refractivity contribution >= 4 is 44.3 Å². The molecule has 3 rings (SSSR count). The molecule has 0 bridgehead atoms. The number of anilines is 1. The van der Waals surface area contributed by atoms with Crippen LogP contribution in [0.5, 0.6) is 0 Å². The van der Waals surface area contributed by atoms with Crippen LogP contribution in [0.3, 0.4) is 0 Å². The average molecular weight is 364 g/mol. The van der Waals surface area contributed by atoms with Gasteiger partial charge >= 0.3 is 0 Å². The van der Waals surface area contributed by atoms with E-state index in [9.17, 15) is 13.2 Å². The molecule has 1 heterocycles. The number of para-hydroxylation sites is 2. The Balaban J connectivity index is 1.63. The molecule has 0 aliphatic carbocycles. The van der Waals surface area contributed by atoms with Gasteiger partial charge in [-0.05, 0) is 36.4 Å². The Bertz CT molecular complexity index is 948. The fourth-order valence-electron chi connectivity index (χ4n) is 2.19. The van der Waals surface area contributed by atoms with E-state index in [1.165, 1.54) is 24.3 Å². The highest BCUT2D eigenvalue weighted by Crippen LogP contribution is 2.17. The predicted molar refractivity (Wildman–Crippen MR) is 92.8 cm³/mol. The van der Waals surface area contributed by atoms with Crippen LogP contribution in [0.25, 0.3) is 11.0 Å². The van der Waals surface area contributed by atoms with Crippen LogP contribution < -0.4 is 5.32 Å². The van der Waals surface area contributed by atoms with Crippen LogP contribution in [0, 0.1) is 0 Å². The zero-order chi connectivity index (χ0) is 17.2. The summed E-state index contributed by atoms with van der Waals surface area (Å²) in [4.78, 5) is 19.3. The molecule has 124 valence electrons. The quantitative estimate of drug-likeness (QED) is 0.728. The normalized spacial score (nSPS) is 11.5. The van der Waals surface area contributed by atoms with Crippen LogP contribution in [0.2, 0.25) is 5.02 Å². The molecule has 0 atom stereocenters. The predicted octanol–water partition coefficient (Wildman–Crippen LogP) is 3.02. The number of nitrogens with zero attached hydrogens (tertiary/aromatic N) is 1. The van der Waals surface area contributed by atoms with Crippen LogP contribution in [-0.4, -0.2) is 30.0 Å². The number of sulfone groups is 1. The van der Waals surface area contributed by atoms with Crippen LogP contribution in [0.4, 0.5) is 5.95 Å². The maximum atomic E-state index is 12.2. The highest BCUT2D eigenvalue weighted by atomic mass is 35.5. The number of aromatic nitrogens is 2. The molecular weight excluding hydrogens is 350 g/mol. The van der Waals surface area contributed by atoms with Crippen molar-refractivity contribution in [1.29, 1.82) is 0 Å². The molecule has 3 aromatic rings. The second-order valence-electron chi connectivity index (χ2n) is 5.17. The standard InChI is InChI=1S/C16H14ClN3O3S/c17-11-5-7-12(8-6-11)24(22,23)10-9-15(21)20-16-18-13-3-1-2-4-14(13)19-16/h1-8H,9-10H2,(H2,18,19,20,21). The van der Waals surface area contributed by atoms with Crippen molar-refractivity contribution < 1.29 is 13.2 Å². The first kappa shape index (κ1) is 16.5. The molecular formula is C16H14ClN3O3S. The zero-order valence-electron chi connectivity index (χ0n) is 12.5. The molecule has 6 nitrogen and oxygen atoms in total. The fourth-order valence-corrected chi connectivity index (χ4v) is 3.56. The summed E-state index contributed by atoms with van der Waals surface area (Å²) < 4.78 is 24.4. The third-order valence-electron chi connectivity index (χ3n) is 3.42. The van der Waals surface area contributed by atoms with E-state index in [1.807, 2.05) is 24.3 Å². The van der Waals surface area contributed by atoms with Crippen molar-refractivity contribution in [3.63, 3.8) is 0 Å². The first-order valence-electron chi connectivity index (χ1n) is 7.17. The van der Waals surface area contributed by atoms with Crippen molar-refractivity contribution in [2.45, 2.75) is 11.3 Å². The monoisotopic (exact) mass is 363 g/mol. The van der Waals surface area contributed by atoms with Crippen LogP contribution >= 0.6 is 11.6 Å². The minimum absolute atomic E-state index is 0.142. The Kier molecular flexibility index (Phi) is 4.55. The summed E-state index contributed by atoms with van der Waals surface area (Å²) in [5.74, 6) is -0.419. The van der Waals surface area contributed by atoms with E-state index in [0.29, 0.717) is 11.0 Å². The van der Waals surface area contributed by atoms with Gasteiger partial charge in [-0.15, -0.1) is 0 Å². The summed E-state index contributed by atoms with van der Waals surface area (Å²) in [5, 5.41) is 3.03. The number of carbonyl (C=O) groups excluding carboxylic acids is 1. The van der Waals surface area contributed by atoms with Gasteiger partial charge in [0, 0.05) is 11.4 Å². The third-order valence-corrected chi connectivity index (χ3v) is 5.40. The molecule has 0 fully saturated rings. The Labute approximate surface area is 143 Å². The smallest absolute Gasteiger partial charge is 0.227 e. The lowest BCUT2D eigenvalue weighted by molar-refractivity contribution is -0.115. The number of aromatic amines is 1. The van der Waals surface area contributed by atoms with Gasteiger partial charge in [0.2, 0.25) is 11.9 Å². The Morgan fingerprint density at radius 1 is 1.12 bits per heavy atom. The Morgan fingerprint density at radius 2 is 1.83 bits per heavy atom. The maximum Gasteiger partial charge on any atom is 0.227 e. The number of fused-ring (bicyclic) bond motifs is 1. The maximum absolute atomic E-state index is 12.2. The Hall–Kier alpha value is -2.38. The van der Waals surface area contributed by atoms with Crippen molar-refractivity contribution in [3.05, 3.63) is 53.6 Å². The first-order valence-corrected chi connectivity index (χ1v) is 9.20. The minimum atomic E-state index is -3.54. The van der Waals surface area contributed by atoms with E-state index in [0.717, 1.165) is 11.0 Å². The lowest BCUT2D eigenvalue weighted by Gasteiger charge is -2.05. The molecule has 1 aromatic heterocycles. The van der Waals surface area contributed by atoms with Gasteiger partial charge in [0.05, 0.1) is 21.7 Å². The molecule has 0 saturated heterocycles. The van der Waals surface area contributed by atoms with Gasteiger partial charge in [0.1, 0.15) is 0 Å². The number of nitrogens with one attached hydrogen (secondary N) is 2. The second-order valence-corrected chi connectivity index (χ2v) is 7.72. The number of benzene rings is 2. The van der Waals surface area contributed by atoms with E-state index in [4.69, 9.17) is 11.6 Å². The number of halogens is 1. The molecule has 24 heavy (non-hydrogen) atoms. The summed E-state index contributed by atoms with van der Waals surface area (Å²) >= 11 is 5.74. The number of imidazole rings is 1. The summed E-state index contributed by atoms with van der Waals surface area (Å²) in [7, 11) is -3.54. The SMILES string of the molecule is O=C(CCS(=O)(=O)c1ccc(Cl)cc1)Nc1nc2ccccc2[nH]1. The highest BCUT2D eigenvalue weighted by molar-refractivity contribution is 7.91. The van der Waals surface area contributed by atoms with E-state index in [2.05, 4.69) is 15.3 Å². The molecule has 2 aromatic carbocycles. The zero-order valence-corrected chi connectivity index (χ0v) is 14.1.